The molecule has 2 aromatic carbocycles. The minimum absolute atomic E-state index is 0.178. The molecular weight excluding hydrogens is 418 g/mol. The minimum atomic E-state index is 0.178. The van der Waals surface area contributed by atoms with Crippen molar-refractivity contribution in [2.45, 2.75) is 19.8 Å². The Hall–Kier alpha value is -0.670. The van der Waals surface area contributed by atoms with Crippen molar-refractivity contribution >= 4 is 50.7 Å². The zero-order chi connectivity index (χ0) is 17.0. The Bertz CT molecular complexity index is 724. The third-order valence-electron chi connectivity index (χ3n) is 3.63. The highest BCUT2D eigenvalue weighted by molar-refractivity contribution is 9.10. The summed E-state index contributed by atoms with van der Waals surface area (Å²) in [7, 11) is 0. The van der Waals surface area contributed by atoms with Crippen molar-refractivity contribution in [3.63, 3.8) is 0 Å². The number of benzene rings is 2. The van der Waals surface area contributed by atoms with Crippen molar-refractivity contribution in [1.82, 2.24) is 0 Å². The van der Waals surface area contributed by atoms with Gasteiger partial charge in [-0.25, -0.2) is 0 Å². The quantitative estimate of drug-likeness (QED) is 0.481. The van der Waals surface area contributed by atoms with E-state index in [1.807, 2.05) is 18.2 Å². The van der Waals surface area contributed by atoms with Gasteiger partial charge in [0.25, 0.3) is 0 Å². The second-order valence-electron chi connectivity index (χ2n) is 5.22. The zero-order valence-electron chi connectivity index (χ0n) is 12.7. The molecule has 0 aliphatic rings. The largest absolute Gasteiger partial charge is 0.488 e. The number of aryl methyl sites for hydroxylation is 1. The van der Waals surface area contributed by atoms with Crippen LogP contribution in [0, 0.1) is 6.92 Å². The van der Waals surface area contributed by atoms with Gasteiger partial charge in [-0.2, -0.15) is 0 Å². The number of hydrogen-bond acceptors (Lipinski definition) is 1. The lowest BCUT2D eigenvalue weighted by Gasteiger charge is -2.17. The van der Waals surface area contributed by atoms with Crippen LogP contribution in [-0.2, 0) is 0 Å². The summed E-state index contributed by atoms with van der Waals surface area (Å²) in [6, 6.07) is 12.1. The predicted molar refractivity (Wildman–Crippen MR) is 103 cm³/mol. The highest BCUT2D eigenvalue weighted by atomic mass is 79.9. The fraction of sp³-hybridized carbons (Fsp3) is 0.222. The highest BCUT2D eigenvalue weighted by Gasteiger charge is 2.13. The summed E-state index contributed by atoms with van der Waals surface area (Å²) < 4.78 is 6.80. The van der Waals surface area contributed by atoms with E-state index in [-0.39, 0.29) is 17.0 Å². The third-order valence-corrected chi connectivity index (χ3v) is 4.73. The fourth-order valence-electron chi connectivity index (χ4n) is 2.40. The molecule has 0 heterocycles. The molecular formula is C18H16BrCl3O. The topological polar surface area (TPSA) is 9.23 Å². The van der Waals surface area contributed by atoms with Gasteiger partial charge in [-0.05, 0) is 54.0 Å². The number of halogens is 4. The second-order valence-corrected chi connectivity index (χ2v) is 7.55. The summed E-state index contributed by atoms with van der Waals surface area (Å²) in [6.07, 6.45) is 1.57. The van der Waals surface area contributed by atoms with E-state index >= 15 is 0 Å². The van der Waals surface area contributed by atoms with Crippen LogP contribution in [0.15, 0.2) is 51.4 Å². The van der Waals surface area contributed by atoms with Gasteiger partial charge in [0, 0.05) is 10.4 Å². The van der Waals surface area contributed by atoms with Gasteiger partial charge in [-0.1, -0.05) is 69.8 Å². The lowest BCUT2D eigenvalue weighted by molar-refractivity contribution is 0.363. The minimum Gasteiger partial charge on any atom is -0.488 e. The molecule has 5 heteroatoms. The van der Waals surface area contributed by atoms with Crippen molar-refractivity contribution in [1.29, 1.82) is 0 Å². The Morgan fingerprint density at radius 2 is 1.96 bits per heavy atom. The summed E-state index contributed by atoms with van der Waals surface area (Å²) in [5.74, 6) is 0.854. The lowest BCUT2D eigenvalue weighted by atomic mass is 9.90. The van der Waals surface area contributed by atoms with Crippen LogP contribution in [0.5, 0.6) is 5.75 Å². The molecule has 0 spiro atoms. The van der Waals surface area contributed by atoms with E-state index in [1.165, 1.54) is 11.1 Å². The van der Waals surface area contributed by atoms with Crippen LogP contribution in [0.25, 0.3) is 0 Å². The van der Waals surface area contributed by atoms with Crippen molar-refractivity contribution in [3.05, 3.63) is 73.2 Å². The van der Waals surface area contributed by atoms with Gasteiger partial charge < -0.3 is 4.74 Å². The SMILES string of the molecule is Cc1cc(Br)ccc1C(C)c1ccc(OCC=C(Cl)Cl)c(Cl)c1. The van der Waals surface area contributed by atoms with E-state index in [0.717, 1.165) is 10.0 Å². The third kappa shape index (κ3) is 5.15. The van der Waals surface area contributed by atoms with Gasteiger partial charge in [0.1, 0.15) is 16.8 Å². The van der Waals surface area contributed by atoms with Crippen LogP contribution in [0.1, 0.15) is 29.5 Å². The Morgan fingerprint density at radius 1 is 1.22 bits per heavy atom. The summed E-state index contributed by atoms with van der Waals surface area (Å²) >= 11 is 20.9. The first-order valence-electron chi connectivity index (χ1n) is 7.08. The van der Waals surface area contributed by atoms with Crippen LogP contribution >= 0.6 is 50.7 Å². The summed E-state index contributed by atoms with van der Waals surface area (Å²) in [5, 5.41) is 0.572. The monoisotopic (exact) mass is 432 g/mol. The molecule has 0 radical (unpaired) electrons. The van der Waals surface area contributed by atoms with E-state index in [9.17, 15) is 0 Å². The van der Waals surface area contributed by atoms with E-state index in [2.05, 4.69) is 48.0 Å². The first-order valence-corrected chi connectivity index (χ1v) is 9.00. The van der Waals surface area contributed by atoms with Gasteiger partial charge >= 0.3 is 0 Å². The van der Waals surface area contributed by atoms with Gasteiger partial charge in [0.15, 0.2) is 0 Å². The second kappa shape index (κ2) is 8.43. The standard InChI is InChI=1S/C18H16BrCl3O/c1-11-9-14(19)4-5-15(11)12(2)13-3-6-17(16(20)10-13)23-8-7-18(21)22/h3-7,9-10,12H,8H2,1-2H3. The molecule has 1 nitrogen and oxygen atoms in total. The van der Waals surface area contributed by atoms with E-state index < -0.39 is 0 Å². The molecule has 2 aromatic rings. The zero-order valence-corrected chi connectivity index (χ0v) is 16.6. The molecule has 1 unspecified atom stereocenters. The Morgan fingerprint density at radius 3 is 2.57 bits per heavy atom. The maximum atomic E-state index is 6.32. The molecule has 0 bridgehead atoms. The Kier molecular flexibility index (Phi) is 6.84. The molecule has 0 saturated heterocycles. The molecule has 0 saturated carbocycles. The molecule has 0 N–H and O–H groups in total. The normalized spacial score (nSPS) is 11.9. The van der Waals surface area contributed by atoms with Crippen molar-refractivity contribution in [2.24, 2.45) is 0 Å². The van der Waals surface area contributed by atoms with Crippen LogP contribution < -0.4 is 4.74 Å². The van der Waals surface area contributed by atoms with Gasteiger partial charge in [0.05, 0.1) is 5.02 Å². The predicted octanol–water partition coefficient (Wildman–Crippen LogP) is 7.26. The summed E-state index contributed by atoms with van der Waals surface area (Å²) in [6.45, 7) is 4.55. The van der Waals surface area contributed by atoms with Crippen LogP contribution in [0.2, 0.25) is 5.02 Å². The smallest absolute Gasteiger partial charge is 0.138 e. The first-order chi connectivity index (χ1) is 10.9. The van der Waals surface area contributed by atoms with E-state index in [0.29, 0.717) is 10.8 Å². The average molecular weight is 435 g/mol. The van der Waals surface area contributed by atoms with Crippen LogP contribution in [0.3, 0.4) is 0 Å². The maximum Gasteiger partial charge on any atom is 0.138 e. The number of ether oxygens (including phenoxy) is 1. The molecule has 122 valence electrons. The first kappa shape index (κ1) is 18.7. The Labute approximate surface area is 160 Å². The summed E-state index contributed by atoms with van der Waals surface area (Å²) in [5.41, 5.74) is 3.65. The molecule has 2 rings (SSSR count). The number of hydrogen-bond donors (Lipinski definition) is 0. The van der Waals surface area contributed by atoms with Gasteiger partial charge in [0.2, 0.25) is 0 Å². The van der Waals surface area contributed by atoms with Crippen LogP contribution in [-0.4, -0.2) is 6.61 Å². The van der Waals surface area contributed by atoms with Crippen molar-refractivity contribution in [2.75, 3.05) is 6.61 Å². The molecule has 0 aromatic heterocycles. The van der Waals surface area contributed by atoms with Gasteiger partial charge in [-0.15, -0.1) is 0 Å². The molecule has 0 aliphatic heterocycles. The molecule has 1 atom stereocenters. The van der Waals surface area contributed by atoms with Crippen molar-refractivity contribution in [3.8, 4) is 5.75 Å². The number of rotatable bonds is 5. The molecule has 0 fully saturated rings. The van der Waals surface area contributed by atoms with Gasteiger partial charge in [-0.3, -0.25) is 0 Å². The van der Waals surface area contributed by atoms with E-state index in [1.54, 1.807) is 6.08 Å². The van der Waals surface area contributed by atoms with E-state index in [4.69, 9.17) is 39.5 Å². The Balaban J connectivity index is 2.20. The fourth-order valence-corrected chi connectivity index (χ4v) is 3.25. The molecule has 0 aliphatic carbocycles. The molecule has 0 amide bonds. The average Bonchev–Trinajstić information content (AvgIpc) is 2.48. The maximum absolute atomic E-state index is 6.32. The van der Waals surface area contributed by atoms with Crippen LogP contribution in [0.4, 0.5) is 0 Å². The molecule has 23 heavy (non-hydrogen) atoms. The summed E-state index contributed by atoms with van der Waals surface area (Å²) in [4.78, 5) is 0. The lowest BCUT2D eigenvalue weighted by Crippen LogP contribution is -2.00. The highest BCUT2D eigenvalue weighted by Crippen LogP contribution is 2.33. The van der Waals surface area contributed by atoms with Crippen molar-refractivity contribution < 1.29 is 4.74 Å².